The van der Waals surface area contributed by atoms with E-state index in [0.717, 1.165) is 12.1 Å². The molecule has 0 saturated carbocycles. The van der Waals surface area contributed by atoms with Crippen molar-refractivity contribution in [3.8, 4) is 0 Å². The molecule has 0 aromatic heterocycles. The predicted octanol–water partition coefficient (Wildman–Crippen LogP) is 2.17. The monoisotopic (exact) mass is 271 g/mol. The molecular formula is C14H19F2NO2. The van der Waals surface area contributed by atoms with Crippen LogP contribution in [0.2, 0.25) is 0 Å². The molecule has 1 aromatic carbocycles. The molecule has 3 nitrogen and oxygen atoms in total. The smallest absolute Gasteiger partial charge is 0.224 e. The zero-order chi connectivity index (χ0) is 14.8. The van der Waals surface area contributed by atoms with Gasteiger partial charge in [0.2, 0.25) is 5.91 Å². The number of halogens is 2. The van der Waals surface area contributed by atoms with E-state index in [4.69, 9.17) is 0 Å². The van der Waals surface area contributed by atoms with Gasteiger partial charge in [0.05, 0.1) is 17.6 Å². The Morgan fingerprint density at radius 1 is 1.21 bits per heavy atom. The number of nitrogens with one attached hydrogen (secondary N) is 1. The summed E-state index contributed by atoms with van der Waals surface area (Å²) in [7, 11) is 0. The Morgan fingerprint density at radius 3 is 2.26 bits per heavy atom. The number of carbonyl (C=O) groups excluding carboxylic acids is 1. The minimum atomic E-state index is -1.10. The molecule has 0 aliphatic heterocycles. The van der Waals surface area contributed by atoms with Crippen molar-refractivity contribution < 1.29 is 18.7 Å². The van der Waals surface area contributed by atoms with Gasteiger partial charge in [-0.15, -0.1) is 0 Å². The molecule has 1 rings (SSSR count). The lowest BCUT2D eigenvalue weighted by Gasteiger charge is -2.38. The van der Waals surface area contributed by atoms with E-state index in [1.54, 1.807) is 27.7 Å². The Morgan fingerprint density at radius 2 is 1.79 bits per heavy atom. The second-order valence-corrected chi connectivity index (χ2v) is 5.66. The van der Waals surface area contributed by atoms with E-state index in [-0.39, 0.29) is 12.3 Å². The van der Waals surface area contributed by atoms with Gasteiger partial charge in [-0.2, -0.15) is 0 Å². The summed E-state index contributed by atoms with van der Waals surface area (Å²) in [4.78, 5) is 11.8. The minimum absolute atomic E-state index is 0.0727. The highest BCUT2D eigenvalue weighted by Crippen LogP contribution is 2.20. The second kappa shape index (κ2) is 5.25. The molecule has 106 valence electrons. The fourth-order valence-corrected chi connectivity index (χ4v) is 1.38. The zero-order valence-electron chi connectivity index (χ0n) is 11.6. The van der Waals surface area contributed by atoms with Crippen molar-refractivity contribution in [3.63, 3.8) is 0 Å². The number of carbonyl (C=O) groups is 1. The van der Waals surface area contributed by atoms with Crippen molar-refractivity contribution in [2.75, 3.05) is 0 Å². The Balaban J connectivity index is 2.73. The average molecular weight is 271 g/mol. The first-order valence-corrected chi connectivity index (χ1v) is 6.00. The topological polar surface area (TPSA) is 49.3 Å². The van der Waals surface area contributed by atoms with E-state index in [1.807, 2.05) is 0 Å². The zero-order valence-corrected chi connectivity index (χ0v) is 11.6. The van der Waals surface area contributed by atoms with Crippen molar-refractivity contribution in [2.45, 2.75) is 45.3 Å². The van der Waals surface area contributed by atoms with Crippen molar-refractivity contribution in [3.05, 3.63) is 35.4 Å². The Hall–Kier alpha value is -1.49. The maximum Gasteiger partial charge on any atom is 0.224 e. The van der Waals surface area contributed by atoms with Crippen LogP contribution < -0.4 is 5.32 Å². The summed E-state index contributed by atoms with van der Waals surface area (Å²) in [5.74, 6) is -2.29. The third-order valence-electron chi connectivity index (χ3n) is 3.33. The number of hydrogen-bond donors (Lipinski definition) is 2. The molecule has 1 aromatic rings. The number of rotatable bonds is 4. The average Bonchev–Trinajstić information content (AvgIpc) is 2.21. The molecule has 0 heterocycles. The summed E-state index contributed by atoms with van der Waals surface area (Å²) in [6, 6.07) is 3.33. The first-order chi connectivity index (χ1) is 8.53. The largest absolute Gasteiger partial charge is 0.388 e. The van der Waals surface area contributed by atoms with E-state index in [1.165, 1.54) is 6.07 Å². The summed E-state index contributed by atoms with van der Waals surface area (Å²) >= 11 is 0. The van der Waals surface area contributed by atoms with Crippen LogP contribution >= 0.6 is 0 Å². The Kier molecular flexibility index (Phi) is 4.30. The first kappa shape index (κ1) is 15.6. The third kappa shape index (κ3) is 3.99. The Labute approximate surface area is 111 Å². The quantitative estimate of drug-likeness (QED) is 0.881. The van der Waals surface area contributed by atoms with Crippen molar-refractivity contribution >= 4 is 5.91 Å². The van der Waals surface area contributed by atoms with Crippen molar-refractivity contribution in [1.29, 1.82) is 0 Å². The molecule has 0 radical (unpaired) electrons. The number of benzene rings is 1. The van der Waals surface area contributed by atoms with Gasteiger partial charge in [-0.1, -0.05) is 6.07 Å². The first-order valence-electron chi connectivity index (χ1n) is 6.00. The summed E-state index contributed by atoms with van der Waals surface area (Å²) in [5.41, 5.74) is -1.55. The maximum absolute atomic E-state index is 13.0. The van der Waals surface area contributed by atoms with Crippen molar-refractivity contribution in [2.24, 2.45) is 0 Å². The van der Waals surface area contributed by atoms with Gasteiger partial charge in [-0.3, -0.25) is 4.79 Å². The van der Waals surface area contributed by atoms with Gasteiger partial charge in [0.25, 0.3) is 0 Å². The lowest BCUT2D eigenvalue weighted by atomic mass is 9.86. The fraction of sp³-hybridized carbons (Fsp3) is 0.500. The van der Waals surface area contributed by atoms with Gasteiger partial charge in [-0.05, 0) is 45.4 Å². The molecule has 5 heteroatoms. The molecule has 0 atom stereocenters. The Bertz CT molecular complexity index is 479. The summed E-state index contributed by atoms with van der Waals surface area (Å²) in [6.45, 7) is 6.56. The highest BCUT2D eigenvalue weighted by atomic mass is 19.2. The number of hydrogen-bond acceptors (Lipinski definition) is 2. The van der Waals surface area contributed by atoms with E-state index < -0.39 is 22.8 Å². The van der Waals surface area contributed by atoms with Crippen LogP contribution in [0, 0.1) is 11.6 Å². The van der Waals surface area contributed by atoms with E-state index in [0.29, 0.717) is 5.56 Å². The lowest BCUT2D eigenvalue weighted by Crippen LogP contribution is -2.58. The van der Waals surface area contributed by atoms with Crippen LogP contribution in [0.5, 0.6) is 0 Å². The van der Waals surface area contributed by atoms with Crippen LogP contribution in [-0.4, -0.2) is 22.2 Å². The van der Waals surface area contributed by atoms with E-state index in [9.17, 15) is 18.7 Å². The maximum atomic E-state index is 13.0. The molecular weight excluding hydrogens is 252 g/mol. The molecule has 0 bridgehead atoms. The molecule has 19 heavy (non-hydrogen) atoms. The summed E-state index contributed by atoms with van der Waals surface area (Å²) < 4.78 is 25.8. The van der Waals surface area contributed by atoms with Gasteiger partial charge in [-0.25, -0.2) is 8.78 Å². The molecule has 0 saturated heterocycles. The molecule has 0 aliphatic rings. The molecule has 0 spiro atoms. The minimum Gasteiger partial charge on any atom is -0.388 e. The highest BCUT2D eigenvalue weighted by Gasteiger charge is 2.36. The van der Waals surface area contributed by atoms with E-state index in [2.05, 4.69) is 5.32 Å². The van der Waals surface area contributed by atoms with Crippen LogP contribution in [0.3, 0.4) is 0 Å². The number of amides is 1. The van der Waals surface area contributed by atoms with Gasteiger partial charge in [0.1, 0.15) is 0 Å². The summed E-state index contributed by atoms with van der Waals surface area (Å²) in [5, 5.41) is 12.6. The van der Waals surface area contributed by atoms with Crippen molar-refractivity contribution in [1.82, 2.24) is 5.32 Å². The SMILES string of the molecule is CC(C)(O)C(C)(C)NC(=O)Cc1ccc(F)c(F)c1. The van der Waals surface area contributed by atoms with Crippen LogP contribution in [0.15, 0.2) is 18.2 Å². The molecule has 1 amide bonds. The van der Waals surface area contributed by atoms with Gasteiger partial charge < -0.3 is 10.4 Å². The predicted molar refractivity (Wildman–Crippen MR) is 68.6 cm³/mol. The summed E-state index contributed by atoms with van der Waals surface area (Å²) in [6.07, 6.45) is -0.0727. The molecule has 0 fully saturated rings. The third-order valence-corrected chi connectivity index (χ3v) is 3.33. The molecule has 0 aliphatic carbocycles. The second-order valence-electron chi connectivity index (χ2n) is 5.66. The van der Waals surface area contributed by atoms with Gasteiger partial charge >= 0.3 is 0 Å². The van der Waals surface area contributed by atoms with Gasteiger partial charge in [0.15, 0.2) is 11.6 Å². The van der Waals surface area contributed by atoms with Crippen LogP contribution in [0.4, 0.5) is 8.78 Å². The van der Waals surface area contributed by atoms with Crippen LogP contribution in [0.25, 0.3) is 0 Å². The highest BCUT2D eigenvalue weighted by molar-refractivity contribution is 5.79. The van der Waals surface area contributed by atoms with Gasteiger partial charge in [0, 0.05) is 0 Å². The van der Waals surface area contributed by atoms with Crippen LogP contribution in [-0.2, 0) is 11.2 Å². The van der Waals surface area contributed by atoms with E-state index >= 15 is 0 Å². The normalized spacial score (nSPS) is 12.4. The number of aliphatic hydroxyl groups is 1. The van der Waals surface area contributed by atoms with Crippen LogP contribution in [0.1, 0.15) is 33.3 Å². The molecule has 0 unspecified atom stereocenters. The lowest BCUT2D eigenvalue weighted by molar-refractivity contribution is -0.125. The standard InChI is InChI=1S/C14H19F2NO2/c1-13(2,14(3,4)19)17-12(18)8-9-5-6-10(15)11(16)7-9/h5-7,19H,8H2,1-4H3,(H,17,18). The fourth-order valence-electron chi connectivity index (χ4n) is 1.38. The molecule has 2 N–H and O–H groups in total.